The van der Waals surface area contributed by atoms with E-state index < -0.39 is 0 Å². The number of nitrogens with zero attached hydrogens (tertiary/aromatic N) is 1. The number of hydrogen-bond acceptors (Lipinski definition) is 4. The molecule has 0 spiro atoms. The highest BCUT2D eigenvalue weighted by Crippen LogP contribution is 2.48. The maximum absolute atomic E-state index is 13.1. The molecule has 4 nitrogen and oxygen atoms in total. The fourth-order valence-electron chi connectivity index (χ4n) is 2.92. The van der Waals surface area contributed by atoms with E-state index in [0.29, 0.717) is 6.61 Å². The highest BCUT2D eigenvalue weighted by Gasteiger charge is 2.27. The van der Waals surface area contributed by atoms with Gasteiger partial charge in [-0.2, -0.15) is 0 Å². The molecular formula is C23H25NO3S. The summed E-state index contributed by atoms with van der Waals surface area (Å²) in [5.74, 6) is -0.367. The smallest absolute Gasteiger partial charge is 0.310 e. The van der Waals surface area contributed by atoms with E-state index in [0.717, 1.165) is 26.7 Å². The number of carbonyl (C=O) groups is 2. The molecule has 0 aromatic heterocycles. The van der Waals surface area contributed by atoms with Crippen LogP contribution in [0.25, 0.3) is 0 Å². The molecule has 0 unspecified atom stereocenters. The molecule has 1 amide bonds. The number of anilines is 2. The van der Waals surface area contributed by atoms with Crippen LogP contribution in [-0.4, -0.2) is 18.5 Å². The number of para-hydroxylation sites is 1. The molecule has 0 aliphatic carbocycles. The topological polar surface area (TPSA) is 46.6 Å². The maximum Gasteiger partial charge on any atom is 0.310 e. The summed E-state index contributed by atoms with van der Waals surface area (Å²) in [7, 11) is 0. The first-order valence-corrected chi connectivity index (χ1v) is 10.2. The molecule has 0 bridgehead atoms. The lowest BCUT2D eigenvalue weighted by molar-refractivity contribution is -0.142. The zero-order chi connectivity index (χ0) is 20.3. The van der Waals surface area contributed by atoms with Gasteiger partial charge in [-0.1, -0.05) is 56.8 Å². The summed E-state index contributed by atoms with van der Waals surface area (Å²) < 4.78 is 5.06. The van der Waals surface area contributed by atoms with Crippen molar-refractivity contribution in [2.75, 3.05) is 11.5 Å². The van der Waals surface area contributed by atoms with E-state index in [4.69, 9.17) is 4.74 Å². The van der Waals surface area contributed by atoms with Gasteiger partial charge < -0.3 is 4.74 Å². The Hall–Kier alpha value is -2.53. The summed E-state index contributed by atoms with van der Waals surface area (Å²) in [5, 5.41) is 0. The Morgan fingerprint density at radius 1 is 1.07 bits per heavy atom. The van der Waals surface area contributed by atoms with Gasteiger partial charge in [-0.05, 0) is 42.2 Å². The van der Waals surface area contributed by atoms with E-state index in [1.807, 2.05) is 48.5 Å². The second-order valence-electron chi connectivity index (χ2n) is 7.73. The number of carbonyl (C=O) groups excluding carboxylic acids is 2. The van der Waals surface area contributed by atoms with Gasteiger partial charge in [0.25, 0.3) is 5.91 Å². The number of esters is 1. The molecule has 0 atom stereocenters. The minimum absolute atomic E-state index is 0.0890. The molecule has 0 saturated carbocycles. The quantitative estimate of drug-likeness (QED) is 0.505. The Kier molecular flexibility index (Phi) is 5.94. The number of hydrogen-bond donors (Lipinski definition) is 0. The fraction of sp³-hybridized carbons (Fsp3) is 0.304. The maximum atomic E-state index is 13.1. The third-order valence-corrected chi connectivity index (χ3v) is 5.32. The lowest BCUT2D eigenvalue weighted by atomic mass is 9.96. The average molecular weight is 396 g/mol. The molecule has 2 aromatic rings. The monoisotopic (exact) mass is 395 g/mol. The zero-order valence-electron chi connectivity index (χ0n) is 16.7. The second kappa shape index (κ2) is 8.23. The molecule has 2 aromatic carbocycles. The number of amides is 1. The van der Waals surface area contributed by atoms with Crippen LogP contribution in [0.15, 0.2) is 64.4 Å². The van der Waals surface area contributed by atoms with Gasteiger partial charge in [-0.25, -0.2) is 0 Å². The SMILES string of the molecule is CCOC(=O)Cc1ccc2c(c1)N(C(=O)/C=C\C(C)(C)C)c1ccccc1S2. The number of rotatable bonds is 4. The van der Waals surface area contributed by atoms with Crippen LogP contribution in [0.2, 0.25) is 0 Å². The predicted molar refractivity (Wildman–Crippen MR) is 113 cm³/mol. The first-order chi connectivity index (χ1) is 13.3. The Bertz CT molecular complexity index is 928. The van der Waals surface area contributed by atoms with Crippen LogP contribution in [0, 0.1) is 5.41 Å². The number of ether oxygens (including phenoxy) is 1. The van der Waals surface area contributed by atoms with Crippen molar-refractivity contribution in [2.45, 2.75) is 43.9 Å². The van der Waals surface area contributed by atoms with Gasteiger partial charge in [0.1, 0.15) is 0 Å². The highest BCUT2D eigenvalue weighted by atomic mass is 32.2. The van der Waals surface area contributed by atoms with E-state index in [2.05, 4.69) is 20.8 Å². The first-order valence-electron chi connectivity index (χ1n) is 9.37. The minimum Gasteiger partial charge on any atom is -0.466 e. The van der Waals surface area contributed by atoms with Crippen molar-refractivity contribution in [1.82, 2.24) is 0 Å². The molecule has 0 fully saturated rings. The Morgan fingerprint density at radius 2 is 1.79 bits per heavy atom. The van der Waals surface area contributed by atoms with Gasteiger partial charge in [-0.3, -0.25) is 14.5 Å². The lowest BCUT2D eigenvalue weighted by Gasteiger charge is -2.31. The molecule has 3 rings (SSSR count). The molecule has 1 heterocycles. The highest BCUT2D eigenvalue weighted by molar-refractivity contribution is 7.99. The van der Waals surface area contributed by atoms with Crippen LogP contribution < -0.4 is 4.90 Å². The van der Waals surface area contributed by atoms with Gasteiger partial charge in [0.15, 0.2) is 0 Å². The molecule has 0 saturated heterocycles. The predicted octanol–water partition coefficient (Wildman–Crippen LogP) is 5.52. The van der Waals surface area contributed by atoms with Gasteiger partial charge in [0.2, 0.25) is 0 Å². The molecule has 146 valence electrons. The Morgan fingerprint density at radius 3 is 2.50 bits per heavy atom. The van der Waals surface area contributed by atoms with Gasteiger partial charge in [0, 0.05) is 15.9 Å². The van der Waals surface area contributed by atoms with Crippen molar-refractivity contribution in [3.05, 3.63) is 60.2 Å². The third kappa shape index (κ3) is 4.65. The molecule has 0 N–H and O–H groups in total. The van der Waals surface area contributed by atoms with E-state index >= 15 is 0 Å². The molecular weight excluding hydrogens is 370 g/mol. The zero-order valence-corrected chi connectivity index (χ0v) is 17.5. The van der Waals surface area contributed by atoms with Crippen LogP contribution in [0.4, 0.5) is 11.4 Å². The molecule has 1 aliphatic heterocycles. The van der Waals surface area contributed by atoms with E-state index in [1.54, 1.807) is 29.7 Å². The van der Waals surface area contributed by atoms with E-state index in [9.17, 15) is 9.59 Å². The molecule has 28 heavy (non-hydrogen) atoms. The summed E-state index contributed by atoms with van der Waals surface area (Å²) in [6.45, 7) is 8.32. The Labute approximate surface area is 170 Å². The summed E-state index contributed by atoms with van der Waals surface area (Å²) in [6, 6.07) is 13.7. The van der Waals surface area contributed by atoms with Crippen LogP contribution in [-0.2, 0) is 20.7 Å². The number of allylic oxidation sites excluding steroid dienone is 1. The van der Waals surface area contributed by atoms with E-state index in [1.165, 1.54) is 0 Å². The standard InChI is InChI=1S/C23H25NO3S/c1-5-27-22(26)15-16-10-11-20-18(14-16)24(21(25)12-13-23(2,3)4)17-8-6-7-9-19(17)28-20/h6-14H,5,15H2,1-4H3/b13-12-. The van der Waals surface area contributed by atoms with Crippen LogP contribution in [0.1, 0.15) is 33.3 Å². The normalized spacial score (nSPS) is 13.2. The van der Waals surface area contributed by atoms with Crippen molar-refractivity contribution in [2.24, 2.45) is 5.41 Å². The van der Waals surface area contributed by atoms with Crippen molar-refractivity contribution in [3.8, 4) is 0 Å². The Balaban J connectivity index is 2.02. The molecule has 1 aliphatic rings. The fourth-order valence-corrected chi connectivity index (χ4v) is 3.96. The largest absolute Gasteiger partial charge is 0.466 e. The molecule has 5 heteroatoms. The lowest BCUT2D eigenvalue weighted by Crippen LogP contribution is -2.27. The molecule has 0 radical (unpaired) electrons. The summed E-state index contributed by atoms with van der Waals surface area (Å²) in [5.41, 5.74) is 2.40. The van der Waals surface area contributed by atoms with Gasteiger partial charge in [0.05, 0.1) is 24.4 Å². The van der Waals surface area contributed by atoms with Crippen LogP contribution in [0.3, 0.4) is 0 Å². The van der Waals surface area contributed by atoms with Crippen LogP contribution in [0.5, 0.6) is 0 Å². The number of benzene rings is 2. The van der Waals surface area contributed by atoms with Crippen LogP contribution >= 0.6 is 11.8 Å². The van der Waals surface area contributed by atoms with Crippen molar-refractivity contribution >= 4 is 35.0 Å². The van der Waals surface area contributed by atoms with Crippen molar-refractivity contribution < 1.29 is 14.3 Å². The summed E-state index contributed by atoms with van der Waals surface area (Å²) >= 11 is 1.63. The average Bonchev–Trinajstić information content (AvgIpc) is 2.64. The number of fused-ring (bicyclic) bond motifs is 2. The summed E-state index contributed by atoms with van der Waals surface area (Å²) in [4.78, 5) is 28.8. The van der Waals surface area contributed by atoms with Crippen molar-refractivity contribution in [1.29, 1.82) is 0 Å². The van der Waals surface area contributed by atoms with Gasteiger partial charge >= 0.3 is 5.97 Å². The van der Waals surface area contributed by atoms with Crippen molar-refractivity contribution in [3.63, 3.8) is 0 Å². The summed E-state index contributed by atoms with van der Waals surface area (Å²) in [6.07, 6.45) is 3.74. The van der Waals surface area contributed by atoms with E-state index in [-0.39, 0.29) is 23.7 Å². The second-order valence-corrected chi connectivity index (χ2v) is 8.81. The van der Waals surface area contributed by atoms with Gasteiger partial charge in [-0.15, -0.1) is 0 Å². The third-order valence-electron chi connectivity index (χ3n) is 4.19. The first kappa shape index (κ1) is 20.2. The minimum atomic E-state index is -0.267.